The average molecular weight is 328 g/mol. The lowest BCUT2D eigenvalue weighted by molar-refractivity contribution is 0.479. The second-order valence-electron chi connectivity index (χ2n) is 6.48. The molecule has 2 N–H and O–H groups in total. The van der Waals surface area contributed by atoms with Crippen molar-refractivity contribution < 1.29 is 0 Å². The van der Waals surface area contributed by atoms with Crippen LogP contribution in [0.2, 0.25) is 0 Å². The van der Waals surface area contributed by atoms with Crippen LogP contribution in [0.5, 0.6) is 0 Å². The monoisotopic (exact) mass is 328 g/mol. The summed E-state index contributed by atoms with van der Waals surface area (Å²) >= 11 is 0. The smallest absolute Gasteiger partial charge is 0.0991 e. The third kappa shape index (κ3) is 3.33. The zero-order valence-corrected chi connectivity index (χ0v) is 14.0. The van der Waals surface area contributed by atoms with Gasteiger partial charge in [0, 0.05) is 29.5 Å². The summed E-state index contributed by atoms with van der Waals surface area (Å²) in [5.74, 6) is 0. The Hall–Kier alpha value is -2.90. The van der Waals surface area contributed by atoms with E-state index in [0.29, 0.717) is 11.6 Å². The fourth-order valence-corrected chi connectivity index (χ4v) is 3.44. The number of fused-ring (bicyclic) bond motifs is 1. The molecule has 0 bridgehead atoms. The quantitative estimate of drug-likeness (QED) is 0.764. The number of nitrogens with one attached hydrogen (secondary N) is 2. The van der Waals surface area contributed by atoms with Gasteiger partial charge in [-0.25, -0.2) is 0 Å². The summed E-state index contributed by atoms with van der Waals surface area (Å²) < 4.78 is 0. The summed E-state index contributed by atoms with van der Waals surface area (Å²) in [6.45, 7) is 2.11. The molecule has 1 aliphatic heterocycles. The van der Waals surface area contributed by atoms with E-state index in [2.05, 4.69) is 39.9 Å². The van der Waals surface area contributed by atoms with Crippen molar-refractivity contribution in [3.63, 3.8) is 0 Å². The Balaban J connectivity index is 1.79. The first-order valence-corrected chi connectivity index (χ1v) is 8.69. The van der Waals surface area contributed by atoms with Crippen LogP contribution in [0.1, 0.15) is 18.4 Å². The van der Waals surface area contributed by atoms with Crippen molar-refractivity contribution in [2.24, 2.45) is 0 Å². The van der Waals surface area contributed by atoms with Crippen LogP contribution >= 0.6 is 0 Å². The molecule has 4 rings (SSSR count). The third-order valence-corrected chi connectivity index (χ3v) is 4.78. The van der Waals surface area contributed by atoms with Gasteiger partial charge in [0.2, 0.25) is 0 Å². The van der Waals surface area contributed by atoms with Crippen LogP contribution in [-0.2, 0) is 0 Å². The number of anilines is 1. The summed E-state index contributed by atoms with van der Waals surface area (Å²) in [4.78, 5) is 4.30. The van der Waals surface area contributed by atoms with Gasteiger partial charge in [-0.15, -0.1) is 0 Å². The summed E-state index contributed by atoms with van der Waals surface area (Å²) in [5, 5.41) is 18.6. The lowest BCUT2D eigenvalue weighted by Gasteiger charge is -2.25. The van der Waals surface area contributed by atoms with Gasteiger partial charge >= 0.3 is 0 Å². The van der Waals surface area contributed by atoms with Crippen molar-refractivity contribution in [3.05, 3.63) is 60.4 Å². The Kier molecular flexibility index (Phi) is 4.32. The number of rotatable bonds is 3. The van der Waals surface area contributed by atoms with E-state index in [1.54, 1.807) is 0 Å². The molecule has 0 spiro atoms. The highest BCUT2D eigenvalue weighted by Crippen LogP contribution is 2.32. The Bertz CT molecular complexity index is 936. The van der Waals surface area contributed by atoms with Gasteiger partial charge in [0.25, 0.3) is 0 Å². The van der Waals surface area contributed by atoms with E-state index in [1.807, 2.05) is 36.7 Å². The first-order valence-electron chi connectivity index (χ1n) is 8.69. The molecule has 0 radical (unpaired) electrons. The Morgan fingerprint density at radius 3 is 2.80 bits per heavy atom. The molecule has 25 heavy (non-hydrogen) atoms. The molecule has 0 saturated carbocycles. The van der Waals surface area contributed by atoms with Crippen LogP contribution in [0, 0.1) is 11.3 Å². The lowest BCUT2D eigenvalue weighted by Crippen LogP contribution is -2.35. The van der Waals surface area contributed by atoms with Crippen LogP contribution in [0.25, 0.3) is 21.9 Å². The van der Waals surface area contributed by atoms with Gasteiger partial charge < -0.3 is 10.6 Å². The molecule has 1 saturated heterocycles. The normalized spacial score (nSPS) is 15.0. The number of aromatic nitrogens is 1. The molecule has 1 fully saturated rings. The van der Waals surface area contributed by atoms with Gasteiger partial charge in [0.05, 0.1) is 11.6 Å². The van der Waals surface area contributed by atoms with E-state index in [9.17, 15) is 5.26 Å². The average Bonchev–Trinajstić information content (AvgIpc) is 2.69. The van der Waals surface area contributed by atoms with Crippen molar-refractivity contribution in [3.8, 4) is 17.2 Å². The molecule has 4 heteroatoms. The van der Waals surface area contributed by atoms with Gasteiger partial charge in [-0.3, -0.25) is 4.98 Å². The standard InChI is InChI=1S/C21H20N4/c22-13-15-2-1-3-16(10-15)18-11-17-4-7-24-14-20(17)21(12-18)25-19-5-8-23-9-6-19/h1-4,7,10-12,14,19,23,25H,5-6,8-9H2. The number of hydrogen-bond acceptors (Lipinski definition) is 4. The summed E-state index contributed by atoms with van der Waals surface area (Å²) in [6, 6.07) is 16.9. The van der Waals surface area contributed by atoms with Crippen LogP contribution in [-0.4, -0.2) is 24.1 Å². The Morgan fingerprint density at radius 2 is 1.96 bits per heavy atom. The van der Waals surface area contributed by atoms with Crippen LogP contribution in [0.4, 0.5) is 5.69 Å². The number of benzene rings is 2. The minimum atomic E-state index is 0.477. The second-order valence-corrected chi connectivity index (χ2v) is 6.48. The number of piperidine rings is 1. The summed E-state index contributed by atoms with van der Waals surface area (Å²) in [6.07, 6.45) is 5.99. The van der Waals surface area contributed by atoms with E-state index in [0.717, 1.165) is 53.5 Å². The minimum absolute atomic E-state index is 0.477. The first kappa shape index (κ1) is 15.6. The van der Waals surface area contributed by atoms with Crippen molar-refractivity contribution in [1.29, 1.82) is 5.26 Å². The molecule has 0 unspecified atom stereocenters. The second kappa shape index (κ2) is 6.92. The van der Waals surface area contributed by atoms with Crippen LogP contribution in [0.15, 0.2) is 54.9 Å². The zero-order valence-electron chi connectivity index (χ0n) is 14.0. The molecule has 4 nitrogen and oxygen atoms in total. The van der Waals surface area contributed by atoms with E-state index in [4.69, 9.17) is 0 Å². The Morgan fingerprint density at radius 1 is 1.08 bits per heavy atom. The summed E-state index contributed by atoms with van der Waals surface area (Å²) in [5.41, 5.74) is 3.98. The first-order chi connectivity index (χ1) is 12.3. The van der Waals surface area contributed by atoms with Crippen LogP contribution in [0.3, 0.4) is 0 Å². The number of hydrogen-bond donors (Lipinski definition) is 2. The third-order valence-electron chi connectivity index (χ3n) is 4.78. The predicted molar refractivity (Wildman–Crippen MR) is 101 cm³/mol. The molecule has 2 aromatic carbocycles. The lowest BCUT2D eigenvalue weighted by atomic mass is 9.98. The van der Waals surface area contributed by atoms with Gasteiger partial charge in [-0.1, -0.05) is 12.1 Å². The maximum absolute atomic E-state index is 9.18. The molecule has 0 amide bonds. The fourth-order valence-electron chi connectivity index (χ4n) is 3.44. The van der Waals surface area contributed by atoms with Gasteiger partial charge in [0.1, 0.15) is 0 Å². The number of nitriles is 1. The van der Waals surface area contributed by atoms with Gasteiger partial charge in [0.15, 0.2) is 0 Å². The van der Waals surface area contributed by atoms with Crippen molar-refractivity contribution in [2.45, 2.75) is 18.9 Å². The topological polar surface area (TPSA) is 60.7 Å². The number of pyridine rings is 1. The van der Waals surface area contributed by atoms with Crippen LogP contribution < -0.4 is 10.6 Å². The minimum Gasteiger partial charge on any atom is -0.382 e. The molecular weight excluding hydrogens is 308 g/mol. The molecule has 2 heterocycles. The van der Waals surface area contributed by atoms with Crippen molar-refractivity contribution in [2.75, 3.05) is 18.4 Å². The van der Waals surface area contributed by atoms with E-state index in [1.165, 1.54) is 0 Å². The molecule has 1 aliphatic rings. The fraction of sp³-hybridized carbons (Fsp3) is 0.238. The highest BCUT2D eigenvalue weighted by Gasteiger charge is 2.15. The van der Waals surface area contributed by atoms with Crippen molar-refractivity contribution in [1.82, 2.24) is 10.3 Å². The molecule has 0 aliphatic carbocycles. The highest BCUT2D eigenvalue weighted by atomic mass is 15.0. The maximum atomic E-state index is 9.18. The molecule has 124 valence electrons. The largest absolute Gasteiger partial charge is 0.382 e. The molecular formula is C21H20N4. The van der Waals surface area contributed by atoms with Gasteiger partial charge in [-0.05, 0) is 72.8 Å². The SMILES string of the molecule is N#Cc1cccc(-c2cc(NC3CCNCC3)c3cnccc3c2)c1. The Labute approximate surface area is 147 Å². The number of nitrogens with zero attached hydrogens (tertiary/aromatic N) is 2. The summed E-state index contributed by atoms with van der Waals surface area (Å²) in [7, 11) is 0. The molecule has 0 atom stereocenters. The van der Waals surface area contributed by atoms with E-state index in [-0.39, 0.29) is 0 Å². The molecule has 3 aromatic rings. The van der Waals surface area contributed by atoms with Crippen molar-refractivity contribution >= 4 is 16.5 Å². The predicted octanol–water partition coefficient (Wildman–Crippen LogP) is 3.94. The molecule has 1 aromatic heterocycles. The maximum Gasteiger partial charge on any atom is 0.0991 e. The highest BCUT2D eigenvalue weighted by molar-refractivity contribution is 5.97. The van der Waals surface area contributed by atoms with E-state index >= 15 is 0 Å². The zero-order chi connectivity index (χ0) is 17.1. The van der Waals surface area contributed by atoms with E-state index < -0.39 is 0 Å². The van der Waals surface area contributed by atoms with Gasteiger partial charge in [-0.2, -0.15) is 5.26 Å².